The van der Waals surface area contributed by atoms with Crippen molar-refractivity contribution in [1.82, 2.24) is 4.98 Å². The van der Waals surface area contributed by atoms with Gasteiger partial charge in [0, 0.05) is 20.8 Å². The number of hydrogen-bond acceptors (Lipinski definition) is 6. The van der Waals surface area contributed by atoms with Gasteiger partial charge in [-0.15, -0.1) is 0 Å². The monoisotopic (exact) mass is 254 g/mol. The molecule has 1 amide bonds. The summed E-state index contributed by atoms with van der Waals surface area (Å²) < 4.78 is 10.2. The van der Waals surface area contributed by atoms with Crippen LogP contribution in [0.25, 0.3) is 0 Å². The highest BCUT2D eigenvalue weighted by molar-refractivity contribution is 5.98. The molecule has 18 heavy (non-hydrogen) atoms. The van der Waals surface area contributed by atoms with Crippen LogP contribution in [0.15, 0.2) is 12.3 Å². The normalized spacial score (nSPS) is 12.1. The number of amides is 1. The molecule has 0 saturated carbocycles. The fourth-order valence-corrected chi connectivity index (χ4v) is 1.44. The third kappa shape index (κ3) is 3.86. The van der Waals surface area contributed by atoms with Gasteiger partial charge in [-0.2, -0.15) is 0 Å². The molecule has 1 aromatic heterocycles. The van der Waals surface area contributed by atoms with Gasteiger partial charge >= 0.3 is 0 Å². The Morgan fingerprint density at radius 3 is 2.83 bits per heavy atom. The van der Waals surface area contributed by atoms with Crippen LogP contribution in [0.5, 0.6) is 0 Å². The number of nitrogens with one attached hydrogen (secondary N) is 1. The van der Waals surface area contributed by atoms with E-state index in [9.17, 15) is 4.79 Å². The third-order valence-corrected chi connectivity index (χ3v) is 2.40. The minimum absolute atomic E-state index is 0.131. The highest BCUT2D eigenvalue weighted by atomic mass is 16.5. The quantitative estimate of drug-likeness (QED) is 0.623. The molecule has 0 bridgehead atoms. The van der Waals surface area contributed by atoms with Gasteiger partial charge < -0.3 is 26.3 Å². The first kappa shape index (κ1) is 14.2. The Bertz CT molecular complexity index is 411. The molecule has 1 unspecified atom stereocenters. The molecule has 0 aliphatic carbocycles. The number of nitrogens with two attached hydrogens (primary N) is 2. The van der Waals surface area contributed by atoms with Crippen molar-refractivity contribution in [2.24, 2.45) is 5.73 Å². The molecule has 7 nitrogen and oxygen atoms in total. The van der Waals surface area contributed by atoms with Crippen LogP contribution in [-0.4, -0.2) is 44.4 Å². The number of methoxy groups -OCH3 is 2. The maximum absolute atomic E-state index is 11.3. The summed E-state index contributed by atoms with van der Waals surface area (Å²) in [6, 6.07) is 1.43. The maximum atomic E-state index is 11.3. The van der Waals surface area contributed by atoms with Gasteiger partial charge in [0.15, 0.2) is 0 Å². The van der Waals surface area contributed by atoms with E-state index in [0.717, 1.165) is 0 Å². The number of hydrogen-bond donors (Lipinski definition) is 3. The fourth-order valence-electron chi connectivity index (χ4n) is 1.44. The Morgan fingerprint density at radius 1 is 1.56 bits per heavy atom. The lowest BCUT2D eigenvalue weighted by molar-refractivity contribution is 0.0365. The van der Waals surface area contributed by atoms with E-state index >= 15 is 0 Å². The molecule has 0 aromatic carbocycles. The summed E-state index contributed by atoms with van der Waals surface area (Å²) in [4.78, 5) is 15.2. The summed E-state index contributed by atoms with van der Waals surface area (Å²) in [6.07, 6.45) is 1.34. The Morgan fingerprint density at radius 2 is 2.28 bits per heavy atom. The van der Waals surface area contributed by atoms with Gasteiger partial charge in [-0.25, -0.2) is 4.98 Å². The number of nitrogens with zero attached hydrogens (tertiary/aromatic N) is 1. The van der Waals surface area contributed by atoms with Crippen molar-refractivity contribution < 1.29 is 14.3 Å². The number of aromatic nitrogens is 1. The molecule has 0 spiro atoms. The van der Waals surface area contributed by atoms with E-state index in [1.165, 1.54) is 12.3 Å². The van der Waals surface area contributed by atoms with E-state index in [1.807, 2.05) is 0 Å². The molecule has 0 saturated heterocycles. The lowest BCUT2D eigenvalue weighted by atomic mass is 10.2. The number of rotatable bonds is 7. The summed E-state index contributed by atoms with van der Waals surface area (Å²) in [7, 11) is 3.17. The average molecular weight is 254 g/mol. The number of carbonyl (C=O) groups is 1. The van der Waals surface area contributed by atoms with Crippen LogP contribution in [-0.2, 0) is 9.47 Å². The van der Waals surface area contributed by atoms with Gasteiger partial charge in [-0.1, -0.05) is 0 Å². The van der Waals surface area contributed by atoms with E-state index in [1.54, 1.807) is 14.2 Å². The molecule has 1 rings (SSSR count). The lowest BCUT2D eigenvalue weighted by Crippen LogP contribution is -2.27. The molecule has 5 N–H and O–H groups in total. The van der Waals surface area contributed by atoms with Crippen molar-refractivity contribution in [1.29, 1.82) is 0 Å². The zero-order chi connectivity index (χ0) is 13.5. The predicted molar refractivity (Wildman–Crippen MR) is 68.3 cm³/mol. The number of nitrogen functional groups attached to an aromatic ring is 1. The Labute approximate surface area is 105 Å². The smallest absolute Gasteiger partial charge is 0.250 e. The first-order valence-electron chi connectivity index (χ1n) is 5.39. The molecule has 1 heterocycles. The van der Waals surface area contributed by atoms with Crippen LogP contribution >= 0.6 is 0 Å². The van der Waals surface area contributed by atoms with E-state index < -0.39 is 5.91 Å². The highest BCUT2D eigenvalue weighted by Crippen LogP contribution is 2.16. The van der Waals surface area contributed by atoms with E-state index in [-0.39, 0.29) is 11.9 Å². The zero-order valence-electron chi connectivity index (χ0n) is 10.5. The second-order valence-electron chi connectivity index (χ2n) is 3.71. The van der Waals surface area contributed by atoms with Gasteiger partial charge in [0.1, 0.15) is 5.82 Å². The predicted octanol–water partition coefficient (Wildman–Crippen LogP) is -0.164. The van der Waals surface area contributed by atoms with Crippen LogP contribution in [0.1, 0.15) is 10.4 Å². The Kier molecular flexibility index (Phi) is 5.34. The van der Waals surface area contributed by atoms with E-state index in [2.05, 4.69) is 10.3 Å². The second-order valence-corrected chi connectivity index (χ2v) is 3.71. The van der Waals surface area contributed by atoms with E-state index in [0.29, 0.717) is 24.4 Å². The first-order valence-corrected chi connectivity index (χ1v) is 5.39. The number of primary amides is 1. The van der Waals surface area contributed by atoms with Gasteiger partial charge in [-0.3, -0.25) is 4.79 Å². The second kappa shape index (κ2) is 6.77. The zero-order valence-corrected chi connectivity index (χ0v) is 10.5. The fraction of sp³-hybridized carbons (Fsp3) is 0.455. The SMILES string of the molecule is COCC(CNc1cnc(N)cc1C(N)=O)OC. The van der Waals surface area contributed by atoms with Gasteiger partial charge in [0.2, 0.25) is 0 Å². The maximum Gasteiger partial charge on any atom is 0.250 e. The van der Waals surface area contributed by atoms with Crippen molar-refractivity contribution in [3.8, 4) is 0 Å². The lowest BCUT2D eigenvalue weighted by Gasteiger charge is -2.17. The Hall–Kier alpha value is -1.86. The van der Waals surface area contributed by atoms with Crippen molar-refractivity contribution >= 4 is 17.4 Å². The molecule has 0 fully saturated rings. The largest absolute Gasteiger partial charge is 0.384 e. The molecule has 1 aromatic rings. The molecule has 1 atom stereocenters. The average Bonchev–Trinajstić information content (AvgIpc) is 2.35. The molecule has 0 aliphatic rings. The standard InChI is InChI=1S/C11H18N4O3/c1-17-6-7(18-2)4-14-9-5-15-10(12)3-8(9)11(13)16/h3,5,7,14H,4,6H2,1-2H3,(H2,12,15)(H2,13,16). The first-order chi connectivity index (χ1) is 8.58. The molecule has 0 radical (unpaired) electrons. The summed E-state index contributed by atoms with van der Waals surface area (Å²) >= 11 is 0. The summed E-state index contributed by atoms with van der Waals surface area (Å²) in [5, 5.41) is 3.03. The number of ether oxygens (including phenoxy) is 2. The number of carbonyl (C=O) groups excluding carboxylic acids is 1. The van der Waals surface area contributed by atoms with Crippen molar-refractivity contribution in [3.63, 3.8) is 0 Å². The van der Waals surface area contributed by atoms with Gasteiger partial charge in [0.05, 0.1) is 30.2 Å². The number of anilines is 2. The van der Waals surface area contributed by atoms with Crippen LogP contribution in [0, 0.1) is 0 Å². The molecule has 7 heteroatoms. The van der Waals surface area contributed by atoms with Crippen LogP contribution < -0.4 is 16.8 Å². The minimum Gasteiger partial charge on any atom is -0.384 e. The summed E-state index contributed by atoms with van der Waals surface area (Å²) in [5.41, 5.74) is 11.6. The topological polar surface area (TPSA) is 112 Å². The van der Waals surface area contributed by atoms with Crippen LogP contribution in [0.2, 0.25) is 0 Å². The number of pyridine rings is 1. The van der Waals surface area contributed by atoms with Crippen LogP contribution in [0.4, 0.5) is 11.5 Å². The molecular weight excluding hydrogens is 236 g/mol. The Balaban J connectivity index is 2.74. The molecule has 0 aliphatic heterocycles. The van der Waals surface area contributed by atoms with Crippen molar-refractivity contribution in [3.05, 3.63) is 17.8 Å². The molecular formula is C11H18N4O3. The van der Waals surface area contributed by atoms with Gasteiger partial charge in [-0.05, 0) is 6.07 Å². The van der Waals surface area contributed by atoms with Crippen molar-refractivity contribution in [2.75, 3.05) is 38.4 Å². The minimum atomic E-state index is -0.563. The van der Waals surface area contributed by atoms with Crippen molar-refractivity contribution in [2.45, 2.75) is 6.10 Å². The van der Waals surface area contributed by atoms with Gasteiger partial charge in [0.25, 0.3) is 5.91 Å². The summed E-state index contributed by atoms with van der Waals surface area (Å²) in [5.74, 6) is -0.318. The van der Waals surface area contributed by atoms with E-state index in [4.69, 9.17) is 20.9 Å². The molecule has 100 valence electrons. The highest BCUT2D eigenvalue weighted by Gasteiger charge is 2.12. The van der Waals surface area contributed by atoms with Crippen LogP contribution in [0.3, 0.4) is 0 Å². The third-order valence-electron chi connectivity index (χ3n) is 2.40. The summed E-state index contributed by atoms with van der Waals surface area (Å²) in [6.45, 7) is 0.911.